The summed E-state index contributed by atoms with van der Waals surface area (Å²) in [6.45, 7) is 9.04. The molecular weight excluding hydrogens is 280 g/mol. The van der Waals surface area contributed by atoms with Crippen molar-refractivity contribution in [2.24, 2.45) is 0 Å². The van der Waals surface area contributed by atoms with Gasteiger partial charge in [-0.2, -0.15) is 10.2 Å². The van der Waals surface area contributed by atoms with Crippen molar-refractivity contribution in [1.82, 2.24) is 30.2 Å². The van der Waals surface area contributed by atoms with Gasteiger partial charge in [0.2, 0.25) is 0 Å². The standard InChI is InChI=1S/C15H22N6O/c1-10-6-11(2)21(18-10)12(3)8-17-15(22)14-7-13-9-16-4-5-20(13)19-14/h6-7,12,16H,4-5,8-9H2,1-3H3,(H,17,22). The molecule has 2 aromatic rings. The molecular formula is C15H22N6O. The summed E-state index contributed by atoms with van der Waals surface area (Å²) in [5.74, 6) is -0.129. The predicted molar refractivity (Wildman–Crippen MR) is 82.7 cm³/mol. The summed E-state index contributed by atoms with van der Waals surface area (Å²) in [5, 5.41) is 15.0. The molecule has 1 unspecified atom stereocenters. The Morgan fingerprint density at radius 1 is 1.41 bits per heavy atom. The molecule has 0 aliphatic carbocycles. The normalized spacial score (nSPS) is 15.4. The smallest absolute Gasteiger partial charge is 0.271 e. The number of nitrogens with zero attached hydrogens (tertiary/aromatic N) is 4. The van der Waals surface area contributed by atoms with Crippen LogP contribution in [0.15, 0.2) is 12.1 Å². The monoisotopic (exact) mass is 302 g/mol. The van der Waals surface area contributed by atoms with E-state index in [1.165, 1.54) is 0 Å². The van der Waals surface area contributed by atoms with Crippen LogP contribution in [0.3, 0.4) is 0 Å². The molecule has 22 heavy (non-hydrogen) atoms. The van der Waals surface area contributed by atoms with E-state index in [1.54, 1.807) is 0 Å². The fourth-order valence-electron chi connectivity index (χ4n) is 2.81. The lowest BCUT2D eigenvalue weighted by Crippen LogP contribution is -2.31. The molecule has 3 heterocycles. The average molecular weight is 302 g/mol. The maximum Gasteiger partial charge on any atom is 0.271 e. The molecule has 1 aliphatic rings. The minimum Gasteiger partial charge on any atom is -0.349 e. The predicted octanol–water partition coefficient (Wildman–Crippen LogP) is 0.791. The second kappa shape index (κ2) is 5.92. The van der Waals surface area contributed by atoms with Crippen LogP contribution < -0.4 is 10.6 Å². The molecule has 0 saturated heterocycles. The Kier molecular flexibility index (Phi) is 3.98. The number of carbonyl (C=O) groups is 1. The van der Waals surface area contributed by atoms with Crippen LogP contribution in [-0.4, -0.2) is 38.6 Å². The van der Waals surface area contributed by atoms with Gasteiger partial charge in [0, 0.05) is 25.3 Å². The molecule has 0 spiro atoms. The topological polar surface area (TPSA) is 76.8 Å². The fraction of sp³-hybridized carbons (Fsp3) is 0.533. The van der Waals surface area contributed by atoms with E-state index < -0.39 is 0 Å². The summed E-state index contributed by atoms with van der Waals surface area (Å²) in [4.78, 5) is 12.3. The highest BCUT2D eigenvalue weighted by Crippen LogP contribution is 2.11. The Morgan fingerprint density at radius 3 is 2.91 bits per heavy atom. The van der Waals surface area contributed by atoms with Crippen molar-refractivity contribution in [1.29, 1.82) is 0 Å². The Balaban J connectivity index is 1.62. The molecule has 2 N–H and O–H groups in total. The maximum atomic E-state index is 12.3. The number of fused-ring (bicyclic) bond motifs is 1. The molecule has 1 atom stereocenters. The van der Waals surface area contributed by atoms with E-state index >= 15 is 0 Å². The third-order valence-electron chi connectivity index (χ3n) is 3.92. The van der Waals surface area contributed by atoms with Crippen LogP contribution in [0.4, 0.5) is 0 Å². The minimum absolute atomic E-state index is 0.108. The van der Waals surface area contributed by atoms with Gasteiger partial charge in [0.05, 0.1) is 24.0 Å². The van der Waals surface area contributed by atoms with Crippen molar-refractivity contribution < 1.29 is 4.79 Å². The molecule has 2 aromatic heterocycles. The average Bonchev–Trinajstić information content (AvgIpc) is 3.07. The van der Waals surface area contributed by atoms with Gasteiger partial charge in [0.1, 0.15) is 5.69 Å². The van der Waals surface area contributed by atoms with E-state index in [4.69, 9.17) is 0 Å². The van der Waals surface area contributed by atoms with E-state index in [1.807, 2.05) is 42.3 Å². The highest BCUT2D eigenvalue weighted by atomic mass is 16.1. The molecule has 118 valence electrons. The van der Waals surface area contributed by atoms with Crippen LogP contribution in [0.25, 0.3) is 0 Å². The van der Waals surface area contributed by atoms with Crippen LogP contribution in [0.5, 0.6) is 0 Å². The number of rotatable bonds is 4. The lowest BCUT2D eigenvalue weighted by molar-refractivity contribution is 0.0942. The zero-order chi connectivity index (χ0) is 15.7. The van der Waals surface area contributed by atoms with Crippen molar-refractivity contribution in [3.8, 4) is 0 Å². The van der Waals surface area contributed by atoms with Gasteiger partial charge >= 0.3 is 0 Å². The van der Waals surface area contributed by atoms with Gasteiger partial charge in [-0.1, -0.05) is 0 Å². The van der Waals surface area contributed by atoms with Crippen LogP contribution in [0, 0.1) is 13.8 Å². The molecule has 1 amide bonds. The summed E-state index contributed by atoms with van der Waals surface area (Å²) in [6, 6.07) is 4.00. The highest BCUT2D eigenvalue weighted by molar-refractivity contribution is 5.92. The molecule has 7 nitrogen and oxygen atoms in total. The number of aromatic nitrogens is 4. The van der Waals surface area contributed by atoms with E-state index in [9.17, 15) is 4.79 Å². The molecule has 0 saturated carbocycles. The highest BCUT2D eigenvalue weighted by Gasteiger charge is 2.17. The lowest BCUT2D eigenvalue weighted by atomic mass is 10.3. The van der Waals surface area contributed by atoms with Crippen molar-refractivity contribution in [2.75, 3.05) is 13.1 Å². The number of amides is 1. The zero-order valence-electron chi connectivity index (χ0n) is 13.3. The Labute approximate surface area is 129 Å². The van der Waals surface area contributed by atoms with E-state index in [2.05, 4.69) is 20.8 Å². The molecule has 0 bridgehead atoms. The summed E-state index contributed by atoms with van der Waals surface area (Å²) in [5.41, 5.74) is 3.63. The van der Waals surface area contributed by atoms with Crippen LogP contribution in [0.2, 0.25) is 0 Å². The molecule has 0 aromatic carbocycles. The van der Waals surface area contributed by atoms with E-state index in [-0.39, 0.29) is 11.9 Å². The van der Waals surface area contributed by atoms with Crippen molar-refractivity contribution in [2.45, 2.75) is 39.9 Å². The molecule has 7 heteroatoms. The second-order valence-corrected chi connectivity index (χ2v) is 5.85. The zero-order valence-corrected chi connectivity index (χ0v) is 13.3. The van der Waals surface area contributed by atoms with Gasteiger partial charge in [0.15, 0.2) is 0 Å². The first kappa shape index (κ1) is 14.8. The van der Waals surface area contributed by atoms with Gasteiger partial charge in [-0.15, -0.1) is 0 Å². The summed E-state index contributed by atoms with van der Waals surface area (Å²) >= 11 is 0. The van der Waals surface area contributed by atoms with Crippen LogP contribution in [0.1, 0.15) is 40.5 Å². The molecule has 1 aliphatic heterocycles. The number of nitrogens with one attached hydrogen (secondary N) is 2. The summed E-state index contributed by atoms with van der Waals surface area (Å²) in [6.07, 6.45) is 0. The van der Waals surface area contributed by atoms with Crippen molar-refractivity contribution in [3.05, 3.63) is 34.9 Å². The first-order chi connectivity index (χ1) is 10.5. The fourth-order valence-corrected chi connectivity index (χ4v) is 2.81. The van der Waals surface area contributed by atoms with E-state index in [0.717, 1.165) is 36.7 Å². The molecule has 3 rings (SSSR count). The second-order valence-electron chi connectivity index (χ2n) is 5.85. The van der Waals surface area contributed by atoms with Gasteiger partial charge < -0.3 is 10.6 Å². The van der Waals surface area contributed by atoms with E-state index in [0.29, 0.717) is 12.2 Å². The number of hydrogen-bond donors (Lipinski definition) is 2. The van der Waals surface area contributed by atoms with Gasteiger partial charge in [-0.3, -0.25) is 14.2 Å². The number of carbonyl (C=O) groups excluding carboxylic acids is 1. The van der Waals surface area contributed by atoms with Gasteiger partial charge in [0.25, 0.3) is 5.91 Å². The summed E-state index contributed by atoms with van der Waals surface area (Å²) < 4.78 is 3.84. The Morgan fingerprint density at radius 2 is 2.23 bits per heavy atom. The first-order valence-electron chi connectivity index (χ1n) is 7.63. The first-order valence-corrected chi connectivity index (χ1v) is 7.63. The quantitative estimate of drug-likeness (QED) is 0.875. The van der Waals surface area contributed by atoms with Crippen LogP contribution in [-0.2, 0) is 13.1 Å². The largest absolute Gasteiger partial charge is 0.349 e. The van der Waals surface area contributed by atoms with Crippen LogP contribution >= 0.6 is 0 Å². The summed E-state index contributed by atoms with van der Waals surface area (Å²) in [7, 11) is 0. The number of hydrogen-bond acceptors (Lipinski definition) is 4. The minimum atomic E-state index is -0.129. The maximum absolute atomic E-state index is 12.3. The van der Waals surface area contributed by atoms with Gasteiger partial charge in [-0.25, -0.2) is 0 Å². The molecule has 0 fully saturated rings. The molecule has 0 radical (unpaired) electrons. The van der Waals surface area contributed by atoms with Crippen molar-refractivity contribution >= 4 is 5.91 Å². The number of aryl methyl sites for hydroxylation is 2. The lowest BCUT2D eigenvalue weighted by Gasteiger charge is -2.14. The third kappa shape index (κ3) is 2.89. The van der Waals surface area contributed by atoms with Crippen molar-refractivity contribution in [3.63, 3.8) is 0 Å². The van der Waals surface area contributed by atoms with Gasteiger partial charge in [-0.05, 0) is 32.9 Å². The Hall–Kier alpha value is -2.15. The SMILES string of the molecule is Cc1cc(C)n(C(C)CNC(=O)c2cc3n(n2)CCNC3)n1. The Bertz CT molecular complexity index is 663. The third-order valence-corrected chi connectivity index (χ3v) is 3.92.